The van der Waals surface area contributed by atoms with Gasteiger partial charge in [0.05, 0.1) is 22.5 Å². The van der Waals surface area contributed by atoms with Crippen LogP contribution in [0.25, 0.3) is 0 Å². The Morgan fingerprint density at radius 3 is 2.52 bits per heavy atom. The molecule has 0 aliphatic rings. The third kappa shape index (κ3) is 2.90. The Labute approximate surface area is 118 Å². The number of rotatable bonds is 3. The Hall–Kier alpha value is -3.14. The number of amides is 1. The molecule has 2 aromatic carbocycles. The summed E-state index contributed by atoms with van der Waals surface area (Å²) in [6, 6.07) is 7.27. The largest absolute Gasteiger partial charge is 0.398 e. The number of carbonyl (C=O) groups excluding carboxylic acids is 1. The van der Waals surface area contributed by atoms with Crippen molar-refractivity contribution >= 4 is 23.0 Å². The molecule has 0 aliphatic carbocycles. The molecule has 0 heterocycles. The van der Waals surface area contributed by atoms with Gasteiger partial charge in [-0.1, -0.05) is 0 Å². The lowest BCUT2D eigenvalue weighted by Crippen LogP contribution is -2.14. The molecule has 0 saturated heterocycles. The maximum atomic E-state index is 13.8. The van der Waals surface area contributed by atoms with E-state index in [-0.39, 0.29) is 28.2 Å². The fourth-order valence-corrected chi connectivity index (χ4v) is 1.76. The van der Waals surface area contributed by atoms with Gasteiger partial charge in [-0.05, 0) is 30.3 Å². The fourth-order valence-electron chi connectivity index (χ4n) is 1.76. The van der Waals surface area contributed by atoms with Crippen molar-refractivity contribution in [1.82, 2.24) is 0 Å². The molecule has 0 saturated carbocycles. The van der Waals surface area contributed by atoms with Crippen molar-refractivity contribution in [3.8, 4) is 6.07 Å². The van der Waals surface area contributed by atoms with Crippen LogP contribution in [-0.2, 0) is 0 Å². The number of hydrogen-bond donors (Lipinski definition) is 3. The molecule has 0 fully saturated rings. The number of nitrogen functional groups attached to an aromatic ring is 1. The Balaban J connectivity index is 2.47. The Morgan fingerprint density at radius 2 is 1.90 bits per heavy atom. The van der Waals surface area contributed by atoms with Crippen LogP contribution in [0.1, 0.15) is 15.9 Å². The molecule has 5 N–H and O–H groups in total. The summed E-state index contributed by atoms with van der Waals surface area (Å²) in [6.45, 7) is 0. The Bertz CT molecular complexity index is 768. The van der Waals surface area contributed by atoms with E-state index in [9.17, 15) is 13.6 Å². The summed E-state index contributed by atoms with van der Waals surface area (Å²) in [5.41, 5.74) is 10.6. The standard InChI is InChI=1S/C14H10F2N4O/c15-8-1-2-12(7(3-8)6-17)20-13-4-9(14(19)21)11(18)5-10(13)16/h1-5,20H,18H2,(H2,19,21). The van der Waals surface area contributed by atoms with Crippen LogP contribution in [0, 0.1) is 23.0 Å². The number of anilines is 3. The second-order valence-electron chi connectivity index (χ2n) is 4.21. The van der Waals surface area contributed by atoms with Crippen LogP contribution in [0.4, 0.5) is 25.8 Å². The summed E-state index contributed by atoms with van der Waals surface area (Å²) < 4.78 is 26.9. The van der Waals surface area contributed by atoms with E-state index < -0.39 is 17.5 Å². The summed E-state index contributed by atoms with van der Waals surface area (Å²) in [4.78, 5) is 11.2. The summed E-state index contributed by atoms with van der Waals surface area (Å²) in [5.74, 6) is -2.13. The van der Waals surface area contributed by atoms with Crippen molar-refractivity contribution in [3.05, 3.63) is 53.1 Å². The van der Waals surface area contributed by atoms with E-state index in [1.165, 1.54) is 6.07 Å². The van der Waals surface area contributed by atoms with Gasteiger partial charge in [-0.25, -0.2) is 8.78 Å². The lowest BCUT2D eigenvalue weighted by atomic mass is 10.1. The molecule has 0 aromatic heterocycles. The molecule has 0 bridgehead atoms. The molecular formula is C14H10F2N4O. The first-order valence-electron chi connectivity index (χ1n) is 5.78. The minimum absolute atomic E-state index is 0.00755. The zero-order chi connectivity index (χ0) is 15.6. The topological polar surface area (TPSA) is 105 Å². The Kier molecular flexibility index (Phi) is 3.71. The van der Waals surface area contributed by atoms with Crippen LogP contribution in [0.5, 0.6) is 0 Å². The van der Waals surface area contributed by atoms with Crippen LogP contribution in [-0.4, -0.2) is 5.91 Å². The summed E-state index contributed by atoms with van der Waals surface area (Å²) >= 11 is 0. The van der Waals surface area contributed by atoms with Crippen molar-refractivity contribution < 1.29 is 13.6 Å². The second kappa shape index (κ2) is 5.46. The number of nitriles is 1. The zero-order valence-electron chi connectivity index (χ0n) is 10.7. The average molecular weight is 288 g/mol. The molecule has 1 amide bonds. The molecule has 5 nitrogen and oxygen atoms in total. The summed E-state index contributed by atoms with van der Waals surface area (Å²) in [6.07, 6.45) is 0. The third-order valence-corrected chi connectivity index (χ3v) is 2.78. The van der Waals surface area contributed by atoms with Gasteiger partial charge in [0.25, 0.3) is 5.91 Å². The molecule has 2 aromatic rings. The second-order valence-corrected chi connectivity index (χ2v) is 4.21. The molecule has 2 rings (SSSR count). The van der Waals surface area contributed by atoms with Crippen molar-refractivity contribution in [2.45, 2.75) is 0 Å². The molecule has 0 unspecified atom stereocenters. The van der Waals surface area contributed by atoms with Crippen LogP contribution in [0.2, 0.25) is 0 Å². The van der Waals surface area contributed by atoms with E-state index in [1.54, 1.807) is 6.07 Å². The van der Waals surface area contributed by atoms with E-state index in [2.05, 4.69) is 5.32 Å². The molecule has 0 radical (unpaired) electrons. The highest BCUT2D eigenvalue weighted by atomic mass is 19.1. The van der Waals surface area contributed by atoms with E-state index >= 15 is 0 Å². The smallest absolute Gasteiger partial charge is 0.250 e. The maximum absolute atomic E-state index is 13.8. The van der Waals surface area contributed by atoms with Crippen LogP contribution in [0.3, 0.4) is 0 Å². The molecule has 0 aliphatic heterocycles. The monoisotopic (exact) mass is 288 g/mol. The average Bonchev–Trinajstić information content (AvgIpc) is 2.42. The fraction of sp³-hybridized carbons (Fsp3) is 0. The molecule has 21 heavy (non-hydrogen) atoms. The first-order valence-corrected chi connectivity index (χ1v) is 5.78. The number of halogens is 2. The molecule has 106 valence electrons. The summed E-state index contributed by atoms with van der Waals surface area (Å²) in [7, 11) is 0. The van der Waals surface area contributed by atoms with Gasteiger partial charge in [0.2, 0.25) is 0 Å². The van der Waals surface area contributed by atoms with E-state index in [4.69, 9.17) is 16.7 Å². The Morgan fingerprint density at radius 1 is 1.19 bits per heavy atom. The van der Waals surface area contributed by atoms with Gasteiger partial charge in [0.1, 0.15) is 17.7 Å². The summed E-state index contributed by atoms with van der Waals surface area (Å²) in [5, 5.41) is 11.5. The zero-order valence-corrected chi connectivity index (χ0v) is 10.7. The highest BCUT2D eigenvalue weighted by Gasteiger charge is 2.13. The number of nitrogens with two attached hydrogens (primary N) is 2. The number of nitrogens with one attached hydrogen (secondary N) is 1. The van der Waals surface area contributed by atoms with Gasteiger partial charge in [-0.15, -0.1) is 0 Å². The van der Waals surface area contributed by atoms with Gasteiger partial charge in [-0.3, -0.25) is 4.79 Å². The van der Waals surface area contributed by atoms with Crippen molar-refractivity contribution in [3.63, 3.8) is 0 Å². The van der Waals surface area contributed by atoms with E-state index in [1.807, 2.05) is 0 Å². The maximum Gasteiger partial charge on any atom is 0.250 e. The van der Waals surface area contributed by atoms with Crippen LogP contribution >= 0.6 is 0 Å². The van der Waals surface area contributed by atoms with E-state index in [0.717, 1.165) is 24.3 Å². The predicted molar refractivity (Wildman–Crippen MR) is 73.7 cm³/mol. The number of nitrogens with zero attached hydrogens (tertiary/aromatic N) is 1. The number of benzene rings is 2. The molecular weight excluding hydrogens is 278 g/mol. The van der Waals surface area contributed by atoms with Crippen LogP contribution < -0.4 is 16.8 Å². The van der Waals surface area contributed by atoms with Gasteiger partial charge in [-0.2, -0.15) is 5.26 Å². The molecule has 0 atom stereocenters. The normalized spacial score (nSPS) is 9.95. The number of hydrogen-bond acceptors (Lipinski definition) is 4. The van der Waals surface area contributed by atoms with Gasteiger partial charge in [0.15, 0.2) is 0 Å². The minimum Gasteiger partial charge on any atom is -0.398 e. The van der Waals surface area contributed by atoms with Gasteiger partial charge in [0, 0.05) is 5.69 Å². The molecule has 7 heteroatoms. The van der Waals surface area contributed by atoms with Crippen molar-refractivity contribution in [1.29, 1.82) is 5.26 Å². The first kappa shape index (κ1) is 14.3. The van der Waals surface area contributed by atoms with Crippen molar-refractivity contribution in [2.24, 2.45) is 5.73 Å². The SMILES string of the molecule is N#Cc1cc(F)ccc1Nc1cc(C(N)=O)c(N)cc1F. The minimum atomic E-state index is -0.810. The van der Waals surface area contributed by atoms with Crippen LogP contribution in [0.15, 0.2) is 30.3 Å². The quantitative estimate of drug-likeness (QED) is 0.753. The number of carbonyl (C=O) groups is 1. The highest BCUT2D eigenvalue weighted by molar-refractivity contribution is 5.99. The van der Waals surface area contributed by atoms with Crippen molar-refractivity contribution in [2.75, 3.05) is 11.1 Å². The molecule has 0 spiro atoms. The van der Waals surface area contributed by atoms with Gasteiger partial charge >= 0.3 is 0 Å². The predicted octanol–water partition coefficient (Wildman–Crippen LogP) is 2.26. The third-order valence-electron chi connectivity index (χ3n) is 2.78. The van der Waals surface area contributed by atoms with Gasteiger partial charge < -0.3 is 16.8 Å². The highest BCUT2D eigenvalue weighted by Crippen LogP contribution is 2.27. The first-order chi connectivity index (χ1) is 9.92. The van der Waals surface area contributed by atoms with E-state index in [0.29, 0.717) is 0 Å². The lowest BCUT2D eigenvalue weighted by Gasteiger charge is -2.11. The lowest BCUT2D eigenvalue weighted by molar-refractivity contribution is 0.100. The number of primary amides is 1.